The predicted octanol–water partition coefficient (Wildman–Crippen LogP) is 1.84. The van der Waals surface area contributed by atoms with E-state index in [2.05, 4.69) is 10.2 Å². The number of ether oxygens (including phenoxy) is 2. The summed E-state index contributed by atoms with van der Waals surface area (Å²) in [5, 5.41) is 7.67. The van der Waals surface area contributed by atoms with Crippen LogP contribution in [-0.2, 0) is 4.79 Å². The molecule has 1 aliphatic heterocycles. The Hall–Kier alpha value is -2.63. The number of hydrogen-bond donors (Lipinski definition) is 0. The number of hydrogen-bond acceptors (Lipinski definition) is 5. The SMILES string of the molecule is Cc1cccc(OCC(=O)N2CCC(Oc3cccnn3)C2)c1. The van der Waals surface area contributed by atoms with Crippen molar-refractivity contribution >= 4 is 5.91 Å². The summed E-state index contributed by atoms with van der Waals surface area (Å²) in [5.41, 5.74) is 1.11. The van der Waals surface area contributed by atoms with Crippen molar-refractivity contribution in [1.82, 2.24) is 15.1 Å². The zero-order chi connectivity index (χ0) is 16.1. The van der Waals surface area contributed by atoms with Gasteiger partial charge in [-0.3, -0.25) is 4.79 Å². The Morgan fingerprint density at radius 2 is 2.26 bits per heavy atom. The Labute approximate surface area is 135 Å². The van der Waals surface area contributed by atoms with E-state index in [1.54, 1.807) is 23.2 Å². The summed E-state index contributed by atoms with van der Waals surface area (Å²) in [6.45, 7) is 3.25. The predicted molar refractivity (Wildman–Crippen MR) is 84.3 cm³/mol. The van der Waals surface area contributed by atoms with E-state index in [0.29, 0.717) is 24.7 Å². The highest BCUT2D eigenvalue weighted by atomic mass is 16.5. The topological polar surface area (TPSA) is 64.5 Å². The number of amides is 1. The van der Waals surface area contributed by atoms with E-state index >= 15 is 0 Å². The van der Waals surface area contributed by atoms with Gasteiger partial charge in [-0.05, 0) is 30.7 Å². The van der Waals surface area contributed by atoms with Crippen molar-refractivity contribution in [2.75, 3.05) is 19.7 Å². The molecular weight excluding hydrogens is 294 g/mol. The second kappa shape index (κ2) is 7.09. The van der Waals surface area contributed by atoms with Gasteiger partial charge in [-0.1, -0.05) is 12.1 Å². The normalized spacial score (nSPS) is 17.1. The van der Waals surface area contributed by atoms with Gasteiger partial charge in [-0.25, -0.2) is 0 Å². The summed E-state index contributed by atoms with van der Waals surface area (Å²) in [6, 6.07) is 11.2. The highest BCUT2D eigenvalue weighted by Crippen LogP contribution is 2.17. The molecule has 0 saturated carbocycles. The summed E-state index contributed by atoms with van der Waals surface area (Å²) in [5.74, 6) is 1.17. The van der Waals surface area contributed by atoms with Crippen molar-refractivity contribution in [3.63, 3.8) is 0 Å². The lowest BCUT2D eigenvalue weighted by Crippen LogP contribution is -2.34. The molecule has 1 aromatic carbocycles. The van der Waals surface area contributed by atoms with Crippen LogP contribution in [0.1, 0.15) is 12.0 Å². The highest BCUT2D eigenvalue weighted by molar-refractivity contribution is 5.78. The first kappa shape index (κ1) is 15.3. The van der Waals surface area contributed by atoms with Gasteiger partial charge in [0.2, 0.25) is 5.88 Å². The second-order valence-corrected chi connectivity index (χ2v) is 5.54. The highest BCUT2D eigenvalue weighted by Gasteiger charge is 2.28. The lowest BCUT2D eigenvalue weighted by Gasteiger charge is -2.17. The third-order valence-electron chi connectivity index (χ3n) is 3.68. The fourth-order valence-corrected chi connectivity index (χ4v) is 2.51. The molecule has 6 heteroatoms. The van der Waals surface area contributed by atoms with Crippen molar-refractivity contribution in [3.8, 4) is 11.6 Å². The van der Waals surface area contributed by atoms with Crippen LogP contribution in [-0.4, -0.2) is 46.8 Å². The average Bonchev–Trinajstić information content (AvgIpc) is 3.02. The summed E-state index contributed by atoms with van der Waals surface area (Å²) in [6.07, 6.45) is 2.34. The molecule has 1 unspecified atom stereocenters. The minimum atomic E-state index is -0.0466. The van der Waals surface area contributed by atoms with Crippen LogP contribution < -0.4 is 9.47 Å². The van der Waals surface area contributed by atoms with Gasteiger partial charge >= 0.3 is 0 Å². The van der Waals surface area contributed by atoms with Crippen molar-refractivity contribution in [2.45, 2.75) is 19.4 Å². The quantitative estimate of drug-likeness (QED) is 0.843. The van der Waals surface area contributed by atoms with Crippen LogP contribution in [0.2, 0.25) is 0 Å². The minimum absolute atomic E-state index is 0.0308. The molecule has 2 heterocycles. The summed E-state index contributed by atoms with van der Waals surface area (Å²) >= 11 is 0. The fraction of sp³-hybridized carbons (Fsp3) is 0.353. The molecule has 1 amide bonds. The Morgan fingerprint density at radius 1 is 1.35 bits per heavy atom. The van der Waals surface area contributed by atoms with E-state index in [1.807, 2.05) is 31.2 Å². The summed E-state index contributed by atoms with van der Waals surface area (Å²) in [7, 11) is 0. The third-order valence-corrected chi connectivity index (χ3v) is 3.68. The number of carbonyl (C=O) groups is 1. The minimum Gasteiger partial charge on any atom is -0.484 e. The van der Waals surface area contributed by atoms with Crippen LogP contribution in [0.3, 0.4) is 0 Å². The molecule has 1 aromatic heterocycles. The Balaban J connectivity index is 1.47. The first-order valence-electron chi connectivity index (χ1n) is 7.62. The second-order valence-electron chi connectivity index (χ2n) is 5.54. The number of likely N-dealkylation sites (tertiary alicyclic amines) is 1. The molecule has 1 fully saturated rings. The first-order chi connectivity index (χ1) is 11.2. The van der Waals surface area contributed by atoms with E-state index in [4.69, 9.17) is 9.47 Å². The maximum atomic E-state index is 12.2. The van der Waals surface area contributed by atoms with Gasteiger partial charge in [-0.15, -0.1) is 5.10 Å². The zero-order valence-electron chi connectivity index (χ0n) is 13.0. The van der Waals surface area contributed by atoms with Gasteiger partial charge in [0.05, 0.1) is 6.54 Å². The van der Waals surface area contributed by atoms with Gasteiger partial charge in [0, 0.05) is 25.2 Å². The average molecular weight is 313 g/mol. The number of aromatic nitrogens is 2. The van der Waals surface area contributed by atoms with Crippen molar-refractivity contribution < 1.29 is 14.3 Å². The van der Waals surface area contributed by atoms with Gasteiger partial charge < -0.3 is 14.4 Å². The molecule has 2 aromatic rings. The van der Waals surface area contributed by atoms with Crippen molar-refractivity contribution in [1.29, 1.82) is 0 Å². The molecule has 0 N–H and O–H groups in total. The van der Waals surface area contributed by atoms with Gasteiger partial charge in [0.1, 0.15) is 11.9 Å². The molecular formula is C17H19N3O3. The van der Waals surface area contributed by atoms with E-state index in [-0.39, 0.29) is 18.6 Å². The zero-order valence-corrected chi connectivity index (χ0v) is 13.0. The van der Waals surface area contributed by atoms with Crippen LogP contribution in [0.15, 0.2) is 42.6 Å². The Bertz CT molecular complexity index is 663. The molecule has 23 heavy (non-hydrogen) atoms. The standard InChI is InChI=1S/C17H19N3O3/c1-13-4-2-5-14(10-13)22-12-17(21)20-9-7-15(11-20)23-16-6-3-8-18-19-16/h2-6,8,10,15H,7,9,11-12H2,1H3. The molecule has 0 spiro atoms. The monoisotopic (exact) mass is 313 g/mol. The van der Waals surface area contributed by atoms with Crippen LogP contribution in [0.25, 0.3) is 0 Å². The number of benzene rings is 1. The van der Waals surface area contributed by atoms with Gasteiger partial charge in [-0.2, -0.15) is 5.10 Å². The molecule has 0 bridgehead atoms. The molecule has 0 aliphatic carbocycles. The lowest BCUT2D eigenvalue weighted by molar-refractivity contribution is -0.132. The van der Waals surface area contributed by atoms with E-state index < -0.39 is 0 Å². The van der Waals surface area contributed by atoms with Gasteiger partial charge in [0.25, 0.3) is 5.91 Å². The molecule has 0 radical (unpaired) electrons. The fourth-order valence-electron chi connectivity index (χ4n) is 2.51. The van der Waals surface area contributed by atoms with E-state index in [0.717, 1.165) is 12.0 Å². The number of rotatable bonds is 5. The third kappa shape index (κ3) is 4.18. The van der Waals surface area contributed by atoms with Crippen molar-refractivity contribution in [3.05, 3.63) is 48.2 Å². The Morgan fingerprint density at radius 3 is 3.04 bits per heavy atom. The van der Waals surface area contributed by atoms with Crippen LogP contribution in [0.5, 0.6) is 11.6 Å². The lowest BCUT2D eigenvalue weighted by atomic mass is 10.2. The van der Waals surface area contributed by atoms with E-state index in [1.165, 1.54) is 0 Å². The van der Waals surface area contributed by atoms with E-state index in [9.17, 15) is 4.79 Å². The maximum Gasteiger partial charge on any atom is 0.260 e. The van der Waals surface area contributed by atoms with Crippen LogP contribution >= 0.6 is 0 Å². The molecule has 1 atom stereocenters. The summed E-state index contributed by atoms with van der Waals surface area (Å²) < 4.78 is 11.3. The van der Waals surface area contributed by atoms with Crippen LogP contribution in [0.4, 0.5) is 0 Å². The van der Waals surface area contributed by atoms with Crippen molar-refractivity contribution in [2.24, 2.45) is 0 Å². The molecule has 6 nitrogen and oxygen atoms in total. The summed E-state index contributed by atoms with van der Waals surface area (Å²) in [4.78, 5) is 14.0. The number of carbonyl (C=O) groups excluding carboxylic acids is 1. The number of nitrogens with zero attached hydrogens (tertiary/aromatic N) is 3. The number of aryl methyl sites for hydroxylation is 1. The molecule has 3 rings (SSSR count). The molecule has 1 aliphatic rings. The maximum absolute atomic E-state index is 12.2. The largest absolute Gasteiger partial charge is 0.484 e. The smallest absolute Gasteiger partial charge is 0.260 e. The van der Waals surface area contributed by atoms with Crippen LogP contribution in [0, 0.1) is 6.92 Å². The Kier molecular flexibility index (Phi) is 4.71. The molecule has 120 valence electrons. The molecule has 1 saturated heterocycles. The first-order valence-corrected chi connectivity index (χ1v) is 7.62. The van der Waals surface area contributed by atoms with Gasteiger partial charge in [0.15, 0.2) is 6.61 Å².